The first-order valence-corrected chi connectivity index (χ1v) is 9.48. The molecule has 0 saturated carbocycles. The van der Waals surface area contributed by atoms with Crippen molar-refractivity contribution in [1.29, 1.82) is 0 Å². The molecule has 0 aliphatic carbocycles. The lowest BCUT2D eigenvalue weighted by atomic mass is 10.0. The molecule has 2 saturated heterocycles. The highest BCUT2D eigenvalue weighted by molar-refractivity contribution is 5.93. The van der Waals surface area contributed by atoms with Gasteiger partial charge < -0.3 is 20.0 Å². The molecule has 0 radical (unpaired) electrons. The number of benzene rings is 1. The topological polar surface area (TPSA) is 62.7 Å². The summed E-state index contributed by atoms with van der Waals surface area (Å²) in [5, 5.41) is 0. The molecule has 2 aliphatic rings. The lowest BCUT2D eigenvalue weighted by Gasteiger charge is -2.22. The lowest BCUT2D eigenvalue weighted by Crippen LogP contribution is -2.34. The van der Waals surface area contributed by atoms with Gasteiger partial charge in [0.15, 0.2) is 5.76 Å². The summed E-state index contributed by atoms with van der Waals surface area (Å²) in [5.74, 6) is 1.68. The minimum atomic E-state index is 0.0412. The zero-order valence-corrected chi connectivity index (χ0v) is 15.3. The normalized spacial score (nSPS) is 24.0. The Kier molecular flexibility index (Phi) is 4.83. The molecule has 1 aromatic carbocycles. The first-order valence-electron chi connectivity index (χ1n) is 9.48. The van der Waals surface area contributed by atoms with Crippen LogP contribution in [0.3, 0.4) is 0 Å². The van der Waals surface area contributed by atoms with Crippen molar-refractivity contribution in [3.05, 3.63) is 59.5 Å². The number of hydrogen-bond donors (Lipinski definition) is 1. The van der Waals surface area contributed by atoms with E-state index in [-0.39, 0.29) is 11.9 Å². The van der Waals surface area contributed by atoms with Crippen molar-refractivity contribution in [1.82, 2.24) is 9.80 Å². The molecule has 0 spiro atoms. The van der Waals surface area contributed by atoms with Gasteiger partial charge in [0.05, 0.1) is 6.26 Å². The number of likely N-dealkylation sites (tertiary alicyclic amines) is 2. The largest absolute Gasteiger partial charge is 0.459 e. The van der Waals surface area contributed by atoms with Gasteiger partial charge in [0.25, 0.3) is 5.91 Å². The summed E-state index contributed by atoms with van der Waals surface area (Å²) in [7, 11) is 0. The van der Waals surface area contributed by atoms with E-state index in [0.717, 1.165) is 44.7 Å². The molecule has 3 heterocycles. The quantitative estimate of drug-likeness (QED) is 0.898. The van der Waals surface area contributed by atoms with Gasteiger partial charge >= 0.3 is 0 Å². The van der Waals surface area contributed by atoms with Crippen LogP contribution in [-0.4, -0.2) is 48.4 Å². The molecular formula is C21H27N3O2. The maximum atomic E-state index is 12.6. The molecule has 2 unspecified atom stereocenters. The molecule has 138 valence electrons. The van der Waals surface area contributed by atoms with Crippen molar-refractivity contribution >= 4 is 5.91 Å². The molecule has 2 N–H and O–H groups in total. The summed E-state index contributed by atoms with van der Waals surface area (Å²) in [6, 6.07) is 12.3. The number of rotatable bonds is 5. The Labute approximate surface area is 154 Å². The van der Waals surface area contributed by atoms with Gasteiger partial charge in [0, 0.05) is 37.8 Å². The fourth-order valence-corrected chi connectivity index (χ4v) is 4.36. The number of carbonyl (C=O) groups is 1. The van der Waals surface area contributed by atoms with Crippen LogP contribution in [0.2, 0.25) is 0 Å². The Morgan fingerprint density at radius 3 is 2.46 bits per heavy atom. The molecule has 1 amide bonds. The lowest BCUT2D eigenvalue weighted by molar-refractivity contribution is 0.0741. The van der Waals surface area contributed by atoms with E-state index in [1.165, 1.54) is 5.56 Å². The summed E-state index contributed by atoms with van der Waals surface area (Å²) in [6.45, 7) is 6.75. The number of aryl methyl sites for hydroxylation is 1. The third-order valence-corrected chi connectivity index (χ3v) is 5.89. The van der Waals surface area contributed by atoms with Gasteiger partial charge in [-0.3, -0.25) is 4.79 Å². The summed E-state index contributed by atoms with van der Waals surface area (Å²) in [5.41, 5.74) is 8.46. The van der Waals surface area contributed by atoms with Gasteiger partial charge in [-0.05, 0) is 43.4 Å². The van der Waals surface area contributed by atoms with E-state index in [4.69, 9.17) is 10.2 Å². The number of furan rings is 1. The predicted octanol–water partition coefficient (Wildman–Crippen LogP) is 2.68. The average molecular weight is 353 g/mol. The van der Waals surface area contributed by atoms with Crippen LogP contribution in [0.1, 0.15) is 34.1 Å². The molecule has 0 bridgehead atoms. The monoisotopic (exact) mass is 353 g/mol. The summed E-state index contributed by atoms with van der Waals surface area (Å²) in [6.07, 6.45) is 2.56. The fraction of sp³-hybridized carbons (Fsp3) is 0.476. The second-order valence-corrected chi connectivity index (χ2v) is 7.73. The molecule has 4 rings (SSSR count). The van der Waals surface area contributed by atoms with Crippen LogP contribution in [0, 0.1) is 18.8 Å². The molecule has 5 nitrogen and oxygen atoms in total. The van der Waals surface area contributed by atoms with Gasteiger partial charge in [-0.25, -0.2) is 0 Å². The van der Waals surface area contributed by atoms with Gasteiger partial charge in [-0.2, -0.15) is 0 Å². The molecular weight excluding hydrogens is 326 g/mol. The van der Waals surface area contributed by atoms with Gasteiger partial charge in [-0.1, -0.05) is 30.3 Å². The highest BCUT2D eigenvalue weighted by Gasteiger charge is 2.42. The minimum Gasteiger partial charge on any atom is -0.459 e. The maximum Gasteiger partial charge on any atom is 0.289 e. The van der Waals surface area contributed by atoms with Gasteiger partial charge in [0.1, 0.15) is 0 Å². The van der Waals surface area contributed by atoms with E-state index in [9.17, 15) is 4.79 Å². The molecule has 2 aromatic rings. The van der Waals surface area contributed by atoms with E-state index < -0.39 is 0 Å². The fourth-order valence-electron chi connectivity index (χ4n) is 4.36. The Morgan fingerprint density at radius 1 is 1.15 bits per heavy atom. The smallest absolute Gasteiger partial charge is 0.289 e. The summed E-state index contributed by atoms with van der Waals surface area (Å²) < 4.78 is 5.37. The molecule has 5 heteroatoms. The van der Waals surface area contributed by atoms with E-state index in [0.29, 0.717) is 17.6 Å². The van der Waals surface area contributed by atoms with Crippen molar-refractivity contribution in [2.24, 2.45) is 17.6 Å². The van der Waals surface area contributed by atoms with Crippen molar-refractivity contribution in [3.8, 4) is 0 Å². The molecule has 3 atom stereocenters. The zero-order chi connectivity index (χ0) is 18.1. The van der Waals surface area contributed by atoms with Crippen LogP contribution in [-0.2, 0) is 0 Å². The third-order valence-electron chi connectivity index (χ3n) is 5.89. The average Bonchev–Trinajstić information content (AvgIpc) is 3.34. The molecule has 2 fully saturated rings. The number of nitrogens with zero attached hydrogens (tertiary/aromatic N) is 2. The molecule has 1 aromatic heterocycles. The SMILES string of the molecule is Cc1ccoc1C(=O)N1CC2CN(CC[C@H](N)c3ccccc3)CC2C1. The standard InChI is InChI=1S/C21H27N3O2/c1-15-8-10-26-20(15)21(25)24-13-17-11-23(12-18(17)14-24)9-7-19(22)16-5-3-2-4-6-16/h2-6,8,10,17-19H,7,9,11-14,22H2,1H3/t17?,18?,19-/m0/s1. The summed E-state index contributed by atoms with van der Waals surface area (Å²) in [4.78, 5) is 17.1. The van der Waals surface area contributed by atoms with Crippen molar-refractivity contribution in [2.45, 2.75) is 19.4 Å². The molecule has 2 aliphatic heterocycles. The highest BCUT2D eigenvalue weighted by Crippen LogP contribution is 2.32. The Morgan fingerprint density at radius 2 is 1.85 bits per heavy atom. The Balaban J connectivity index is 1.27. The minimum absolute atomic E-state index is 0.0412. The summed E-state index contributed by atoms with van der Waals surface area (Å²) >= 11 is 0. The predicted molar refractivity (Wildman–Crippen MR) is 101 cm³/mol. The second kappa shape index (κ2) is 7.25. The maximum absolute atomic E-state index is 12.6. The highest BCUT2D eigenvalue weighted by atomic mass is 16.3. The van der Waals surface area contributed by atoms with Crippen LogP contribution in [0.25, 0.3) is 0 Å². The second-order valence-electron chi connectivity index (χ2n) is 7.73. The number of fused-ring (bicyclic) bond motifs is 1. The third kappa shape index (κ3) is 3.41. The van der Waals surface area contributed by atoms with Crippen LogP contribution >= 0.6 is 0 Å². The van der Waals surface area contributed by atoms with Gasteiger partial charge in [0.2, 0.25) is 0 Å². The number of hydrogen-bond acceptors (Lipinski definition) is 4. The van der Waals surface area contributed by atoms with Crippen molar-refractivity contribution in [3.63, 3.8) is 0 Å². The van der Waals surface area contributed by atoms with Crippen LogP contribution < -0.4 is 5.73 Å². The van der Waals surface area contributed by atoms with Crippen LogP contribution in [0.5, 0.6) is 0 Å². The number of carbonyl (C=O) groups excluding carboxylic acids is 1. The van der Waals surface area contributed by atoms with Crippen molar-refractivity contribution < 1.29 is 9.21 Å². The molecule has 26 heavy (non-hydrogen) atoms. The first kappa shape index (κ1) is 17.3. The van der Waals surface area contributed by atoms with Crippen LogP contribution in [0.15, 0.2) is 47.1 Å². The van der Waals surface area contributed by atoms with Gasteiger partial charge in [-0.15, -0.1) is 0 Å². The number of nitrogens with two attached hydrogens (primary N) is 1. The van der Waals surface area contributed by atoms with Crippen LogP contribution in [0.4, 0.5) is 0 Å². The van der Waals surface area contributed by atoms with E-state index in [1.54, 1.807) is 6.26 Å². The Hall–Kier alpha value is -2.11. The van der Waals surface area contributed by atoms with Crippen molar-refractivity contribution in [2.75, 3.05) is 32.7 Å². The van der Waals surface area contributed by atoms with E-state index in [2.05, 4.69) is 17.0 Å². The Bertz CT molecular complexity index is 744. The zero-order valence-electron chi connectivity index (χ0n) is 15.3. The van der Waals surface area contributed by atoms with E-state index >= 15 is 0 Å². The first-order chi connectivity index (χ1) is 12.6. The number of amides is 1. The van der Waals surface area contributed by atoms with E-state index in [1.807, 2.05) is 36.1 Å².